The van der Waals surface area contributed by atoms with Crippen LogP contribution in [0.15, 0.2) is 73.3 Å². The fourth-order valence-corrected chi connectivity index (χ4v) is 3.11. The van der Waals surface area contributed by atoms with Gasteiger partial charge in [0.05, 0.1) is 25.6 Å². The number of nitrogens with one attached hydrogen (secondary N) is 1. The second kappa shape index (κ2) is 15.6. The van der Waals surface area contributed by atoms with E-state index < -0.39 is 5.41 Å². The summed E-state index contributed by atoms with van der Waals surface area (Å²) in [6.07, 6.45) is 2.87. The van der Waals surface area contributed by atoms with Crippen LogP contribution in [0.1, 0.15) is 41.5 Å². The van der Waals surface area contributed by atoms with Crippen LogP contribution in [-0.2, 0) is 9.59 Å². The molecule has 0 aliphatic carbocycles. The van der Waals surface area contributed by atoms with Crippen molar-refractivity contribution in [2.45, 2.75) is 41.5 Å². The van der Waals surface area contributed by atoms with E-state index in [-0.39, 0.29) is 16.6 Å². The summed E-state index contributed by atoms with van der Waals surface area (Å²) in [6.45, 7) is 10.9. The molecule has 0 aliphatic rings. The molecule has 228 valence electrons. The van der Waals surface area contributed by atoms with E-state index in [4.69, 9.17) is 26.8 Å². The van der Waals surface area contributed by atoms with E-state index in [9.17, 15) is 9.59 Å². The Morgan fingerprint density at radius 3 is 1.58 bits per heavy atom. The number of hydrogen-bond donors (Lipinski definition) is 2. The summed E-state index contributed by atoms with van der Waals surface area (Å²) in [4.78, 5) is 38.6. The molecule has 0 aliphatic heterocycles. The van der Waals surface area contributed by atoms with Crippen molar-refractivity contribution in [2.75, 3.05) is 25.3 Å². The average molecular weight is 607 g/mol. The Bertz CT molecular complexity index is 1520. The molecule has 0 radical (unpaired) electrons. The van der Waals surface area contributed by atoms with Crippen LogP contribution in [0.3, 0.4) is 0 Å². The van der Waals surface area contributed by atoms with E-state index in [0.29, 0.717) is 17.3 Å². The fraction of sp³-hybridized carbons (Fsp3) is 0.312. The predicted molar refractivity (Wildman–Crippen MR) is 171 cm³/mol. The van der Waals surface area contributed by atoms with Crippen molar-refractivity contribution in [3.63, 3.8) is 0 Å². The van der Waals surface area contributed by atoms with Gasteiger partial charge in [-0.2, -0.15) is 0 Å². The minimum atomic E-state index is -0.477. The molecule has 0 unspecified atom stereocenters. The number of ether oxygens (including phenoxy) is 2. The van der Waals surface area contributed by atoms with Crippen LogP contribution in [0.4, 0.5) is 11.6 Å². The van der Waals surface area contributed by atoms with E-state index in [1.165, 1.54) is 12.7 Å². The van der Waals surface area contributed by atoms with Gasteiger partial charge in [-0.25, -0.2) is 19.9 Å². The molecule has 0 saturated carbocycles. The minimum Gasteiger partial charge on any atom is -0.496 e. The van der Waals surface area contributed by atoms with Gasteiger partial charge in [-0.1, -0.05) is 65.8 Å². The summed E-state index contributed by atoms with van der Waals surface area (Å²) in [5.74, 6) is 2.34. The van der Waals surface area contributed by atoms with Gasteiger partial charge in [0, 0.05) is 34.1 Å². The van der Waals surface area contributed by atoms with E-state index in [1.54, 1.807) is 47.1 Å². The molecule has 3 N–H and O–H groups in total. The van der Waals surface area contributed by atoms with Crippen molar-refractivity contribution in [3.8, 4) is 34.0 Å². The molecule has 10 nitrogen and oxygen atoms in total. The zero-order chi connectivity index (χ0) is 32.2. The second-order valence-corrected chi connectivity index (χ2v) is 11.6. The Hall–Kier alpha value is -4.57. The van der Waals surface area contributed by atoms with Gasteiger partial charge in [0.1, 0.15) is 35.8 Å². The number of anilines is 2. The van der Waals surface area contributed by atoms with Gasteiger partial charge >= 0.3 is 0 Å². The highest BCUT2D eigenvalue weighted by Gasteiger charge is 2.22. The number of halogens is 1. The van der Waals surface area contributed by atoms with Crippen LogP contribution in [-0.4, -0.2) is 45.3 Å². The van der Waals surface area contributed by atoms with Gasteiger partial charge in [0.15, 0.2) is 0 Å². The van der Waals surface area contributed by atoms with Gasteiger partial charge in [-0.15, -0.1) is 0 Å². The quantitative estimate of drug-likeness (QED) is 0.238. The third-order valence-corrected chi connectivity index (χ3v) is 6.20. The number of nitrogens with two attached hydrogens (primary N) is 1. The molecule has 43 heavy (non-hydrogen) atoms. The lowest BCUT2D eigenvalue weighted by Crippen LogP contribution is -2.28. The van der Waals surface area contributed by atoms with Gasteiger partial charge in [0.2, 0.25) is 11.1 Å². The summed E-state index contributed by atoms with van der Waals surface area (Å²) >= 11 is 5.11. The van der Waals surface area contributed by atoms with Crippen LogP contribution in [0.25, 0.3) is 22.5 Å². The van der Waals surface area contributed by atoms with Crippen molar-refractivity contribution >= 4 is 34.4 Å². The number of carbonyl (C=O) groups is 2. The molecule has 0 bridgehead atoms. The van der Waals surface area contributed by atoms with Crippen LogP contribution in [0.2, 0.25) is 0 Å². The van der Waals surface area contributed by atoms with Gasteiger partial charge < -0.3 is 20.5 Å². The first-order valence-corrected chi connectivity index (χ1v) is 13.7. The highest BCUT2D eigenvalue weighted by molar-refractivity contribution is 6.64. The maximum absolute atomic E-state index is 12.0. The highest BCUT2D eigenvalue weighted by atomic mass is 35.5. The maximum atomic E-state index is 12.0. The second-order valence-electron chi connectivity index (χ2n) is 11.2. The maximum Gasteiger partial charge on any atom is 0.230 e. The van der Waals surface area contributed by atoms with E-state index in [1.807, 2.05) is 69.3 Å². The van der Waals surface area contributed by atoms with Crippen molar-refractivity contribution < 1.29 is 19.1 Å². The number of carbonyl (C=O) groups excluding carboxylic acids is 2. The monoisotopic (exact) mass is 606 g/mol. The molecule has 0 fully saturated rings. The molecule has 0 saturated heterocycles. The standard InChI is InChI=1S/C16H19N3O2.C11H11N3O.C5H9ClO/c1-16(2,3)15(20)19-14-9-12(17-10-18-14)11-7-5-6-8-13(11)21-4;1-15-10-5-3-2-4-8(10)9-6-11(12)14-7-13-9;1-5(2,3)4(6)7/h5-10H,1-4H3,(H,17,18,19,20);2-7H,1H3,(H2,12,13,14);1-3H3. The Balaban J connectivity index is 0.000000255. The normalized spacial score (nSPS) is 10.7. The molecule has 2 aromatic carbocycles. The smallest absolute Gasteiger partial charge is 0.230 e. The van der Waals surface area contributed by atoms with Crippen LogP contribution >= 0.6 is 11.6 Å². The Labute approximate surface area is 258 Å². The number of nitrogens with zero attached hydrogens (tertiary/aromatic N) is 4. The third-order valence-electron chi connectivity index (χ3n) is 5.63. The molecule has 11 heteroatoms. The van der Waals surface area contributed by atoms with Crippen LogP contribution in [0, 0.1) is 10.8 Å². The van der Waals surface area contributed by atoms with Crippen LogP contribution < -0.4 is 20.5 Å². The number of hydrogen-bond acceptors (Lipinski definition) is 9. The summed E-state index contributed by atoms with van der Waals surface area (Å²) < 4.78 is 10.6. The number of nitrogen functional groups attached to an aromatic ring is 1. The van der Waals surface area contributed by atoms with Crippen molar-refractivity contribution in [1.29, 1.82) is 0 Å². The van der Waals surface area contributed by atoms with Gasteiger partial charge in [0.25, 0.3) is 0 Å². The highest BCUT2D eigenvalue weighted by Crippen LogP contribution is 2.29. The molecule has 2 aromatic heterocycles. The fourth-order valence-electron chi connectivity index (χ4n) is 3.11. The zero-order valence-electron chi connectivity index (χ0n) is 25.8. The Kier molecular flexibility index (Phi) is 12.6. The first-order valence-electron chi connectivity index (χ1n) is 13.3. The SMILES string of the molecule is CC(C)(C)C(=O)Cl.COc1ccccc1-c1cc(N)ncn1.COc1ccccc1-c1cc(NC(=O)C(C)(C)C)ncn1. The molecular weight excluding hydrogens is 568 g/mol. The molecule has 4 rings (SSSR count). The van der Waals surface area contributed by atoms with Crippen molar-refractivity contribution in [2.24, 2.45) is 10.8 Å². The molecular formula is C32H39ClN6O4. The average Bonchev–Trinajstić information content (AvgIpc) is 2.97. The number of aromatic nitrogens is 4. The number of benzene rings is 2. The first-order chi connectivity index (χ1) is 20.2. The number of para-hydroxylation sites is 2. The molecule has 0 spiro atoms. The number of methoxy groups -OCH3 is 2. The lowest BCUT2D eigenvalue weighted by atomic mass is 9.96. The van der Waals surface area contributed by atoms with Crippen molar-refractivity contribution in [3.05, 3.63) is 73.3 Å². The molecule has 2 heterocycles. The van der Waals surface area contributed by atoms with E-state index in [2.05, 4.69) is 25.3 Å². The number of amides is 1. The molecule has 1 amide bonds. The van der Waals surface area contributed by atoms with E-state index >= 15 is 0 Å². The van der Waals surface area contributed by atoms with Crippen molar-refractivity contribution in [1.82, 2.24) is 19.9 Å². The summed E-state index contributed by atoms with van der Waals surface area (Å²) in [5, 5.41) is 2.51. The lowest BCUT2D eigenvalue weighted by molar-refractivity contribution is -0.123. The summed E-state index contributed by atoms with van der Waals surface area (Å²) in [6, 6.07) is 18.7. The zero-order valence-corrected chi connectivity index (χ0v) is 26.6. The third kappa shape index (κ3) is 11.0. The number of rotatable bonds is 5. The topological polar surface area (TPSA) is 142 Å². The van der Waals surface area contributed by atoms with Gasteiger partial charge in [-0.3, -0.25) is 9.59 Å². The first kappa shape index (κ1) is 34.6. The van der Waals surface area contributed by atoms with E-state index in [0.717, 1.165) is 28.3 Å². The predicted octanol–water partition coefficient (Wildman–Crippen LogP) is 6.67. The Morgan fingerprint density at radius 2 is 1.16 bits per heavy atom. The van der Waals surface area contributed by atoms with Gasteiger partial charge in [-0.05, 0) is 35.9 Å². The summed E-state index contributed by atoms with van der Waals surface area (Å²) in [5.41, 5.74) is 7.98. The summed E-state index contributed by atoms with van der Waals surface area (Å²) in [7, 11) is 3.24. The van der Waals surface area contributed by atoms with Crippen LogP contribution in [0.5, 0.6) is 11.5 Å². The minimum absolute atomic E-state index is 0.0906. The molecule has 0 atom stereocenters. The Morgan fingerprint density at radius 1 is 0.721 bits per heavy atom. The lowest BCUT2D eigenvalue weighted by Gasteiger charge is -2.17. The molecule has 4 aromatic rings. The largest absolute Gasteiger partial charge is 0.496 e.